The van der Waals surface area contributed by atoms with E-state index in [0.29, 0.717) is 6.42 Å². The lowest BCUT2D eigenvalue weighted by Gasteiger charge is -2.20. The number of hydrogen-bond donors (Lipinski definition) is 3. The first-order chi connectivity index (χ1) is 12.7. The second-order valence-corrected chi connectivity index (χ2v) is 7.35. The Morgan fingerprint density at radius 2 is 1.42 bits per heavy atom. The number of aliphatic hydroxyl groups excluding tert-OH is 2. The van der Waals surface area contributed by atoms with Crippen LogP contribution in [0.3, 0.4) is 0 Å². The van der Waals surface area contributed by atoms with Crippen LogP contribution in [-0.2, 0) is 4.79 Å². The zero-order valence-electron chi connectivity index (χ0n) is 17.2. The first-order valence-corrected chi connectivity index (χ1v) is 10.9. The summed E-state index contributed by atoms with van der Waals surface area (Å²) in [5, 5.41) is 22.3. The van der Waals surface area contributed by atoms with Crippen molar-refractivity contribution in [3.05, 3.63) is 12.2 Å². The fourth-order valence-electron chi connectivity index (χ4n) is 3.00. The van der Waals surface area contributed by atoms with Crippen molar-refractivity contribution in [1.29, 1.82) is 0 Å². The standard InChI is InChI=1S/C22H43NO3/c1-3-5-7-9-11-13-15-17-21(25)20(19-24)23-22(26)18-16-14-12-10-8-6-4-2/h15,17,20-21,24-25H,3-14,16,18-19H2,1-2H3,(H,23,26)/b17-15+. The number of rotatable bonds is 18. The number of aliphatic hydroxyl groups is 2. The molecule has 4 heteroatoms. The predicted molar refractivity (Wildman–Crippen MR) is 110 cm³/mol. The van der Waals surface area contributed by atoms with Gasteiger partial charge in [0.25, 0.3) is 0 Å². The second kappa shape index (κ2) is 18.9. The smallest absolute Gasteiger partial charge is 0.220 e. The van der Waals surface area contributed by atoms with Crippen molar-refractivity contribution < 1.29 is 15.0 Å². The van der Waals surface area contributed by atoms with Crippen molar-refractivity contribution in [2.45, 2.75) is 116 Å². The van der Waals surface area contributed by atoms with Crippen LogP contribution < -0.4 is 5.32 Å². The highest BCUT2D eigenvalue weighted by atomic mass is 16.3. The van der Waals surface area contributed by atoms with Crippen molar-refractivity contribution in [3.63, 3.8) is 0 Å². The molecule has 0 spiro atoms. The van der Waals surface area contributed by atoms with E-state index in [-0.39, 0.29) is 12.5 Å². The van der Waals surface area contributed by atoms with Gasteiger partial charge in [-0.25, -0.2) is 0 Å². The normalized spacial score (nSPS) is 13.8. The third-order valence-electron chi connectivity index (χ3n) is 4.77. The van der Waals surface area contributed by atoms with Gasteiger partial charge in [-0.1, -0.05) is 90.2 Å². The highest BCUT2D eigenvalue weighted by molar-refractivity contribution is 5.76. The molecule has 3 N–H and O–H groups in total. The maximum absolute atomic E-state index is 12.0. The summed E-state index contributed by atoms with van der Waals surface area (Å²) in [6, 6.07) is -0.608. The van der Waals surface area contributed by atoms with Crippen LogP contribution in [0, 0.1) is 0 Å². The molecule has 2 atom stereocenters. The van der Waals surface area contributed by atoms with Crippen LogP contribution >= 0.6 is 0 Å². The minimum absolute atomic E-state index is 0.0791. The maximum atomic E-state index is 12.0. The Morgan fingerprint density at radius 3 is 2.00 bits per heavy atom. The number of amides is 1. The van der Waals surface area contributed by atoms with E-state index in [0.717, 1.165) is 25.7 Å². The average molecular weight is 370 g/mol. The van der Waals surface area contributed by atoms with Gasteiger partial charge in [-0.2, -0.15) is 0 Å². The van der Waals surface area contributed by atoms with Gasteiger partial charge >= 0.3 is 0 Å². The number of unbranched alkanes of at least 4 members (excludes halogenated alkanes) is 11. The van der Waals surface area contributed by atoms with Crippen LogP contribution in [-0.4, -0.2) is 34.9 Å². The summed E-state index contributed by atoms with van der Waals surface area (Å²) in [5.74, 6) is -0.0791. The van der Waals surface area contributed by atoms with Gasteiger partial charge in [0.1, 0.15) is 0 Å². The summed E-state index contributed by atoms with van der Waals surface area (Å²) in [4.78, 5) is 12.0. The molecule has 0 aliphatic heterocycles. The zero-order valence-corrected chi connectivity index (χ0v) is 17.2. The van der Waals surface area contributed by atoms with Gasteiger partial charge in [0.15, 0.2) is 0 Å². The van der Waals surface area contributed by atoms with E-state index in [2.05, 4.69) is 19.2 Å². The summed E-state index contributed by atoms with van der Waals surface area (Å²) in [6.45, 7) is 4.16. The van der Waals surface area contributed by atoms with Crippen LogP contribution in [0.4, 0.5) is 0 Å². The summed E-state index contributed by atoms with van der Waals surface area (Å²) >= 11 is 0. The van der Waals surface area contributed by atoms with Gasteiger partial charge in [-0.15, -0.1) is 0 Å². The molecule has 0 saturated carbocycles. The lowest BCUT2D eigenvalue weighted by atomic mass is 10.1. The molecule has 0 rings (SSSR count). The third-order valence-corrected chi connectivity index (χ3v) is 4.77. The Labute approximate surface area is 161 Å². The highest BCUT2D eigenvalue weighted by Crippen LogP contribution is 2.09. The van der Waals surface area contributed by atoms with E-state index >= 15 is 0 Å². The van der Waals surface area contributed by atoms with Crippen LogP contribution in [0.2, 0.25) is 0 Å². The second-order valence-electron chi connectivity index (χ2n) is 7.35. The number of carbonyl (C=O) groups excluding carboxylic acids is 1. The molecule has 1 amide bonds. The summed E-state index contributed by atoms with van der Waals surface area (Å²) in [5.41, 5.74) is 0. The molecule has 0 aromatic rings. The molecule has 0 aliphatic carbocycles. The number of carbonyl (C=O) groups is 1. The molecule has 154 valence electrons. The van der Waals surface area contributed by atoms with Crippen LogP contribution in [0.25, 0.3) is 0 Å². The monoisotopic (exact) mass is 369 g/mol. The molecule has 4 nitrogen and oxygen atoms in total. The Bertz CT molecular complexity index is 344. The number of allylic oxidation sites excluding steroid dienone is 1. The average Bonchev–Trinajstić information content (AvgIpc) is 2.64. The minimum atomic E-state index is -0.825. The fourth-order valence-corrected chi connectivity index (χ4v) is 3.00. The van der Waals surface area contributed by atoms with E-state index in [1.165, 1.54) is 57.8 Å². The third kappa shape index (κ3) is 15.4. The summed E-state index contributed by atoms with van der Waals surface area (Å²) in [6.07, 6.45) is 18.6. The lowest BCUT2D eigenvalue weighted by molar-refractivity contribution is -0.123. The van der Waals surface area contributed by atoms with Crippen molar-refractivity contribution in [1.82, 2.24) is 5.32 Å². The molecule has 2 unspecified atom stereocenters. The molecular weight excluding hydrogens is 326 g/mol. The topological polar surface area (TPSA) is 69.6 Å². The van der Waals surface area contributed by atoms with Crippen molar-refractivity contribution in [2.24, 2.45) is 0 Å². The van der Waals surface area contributed by atoms with Gasteiger partial charge in [0, 0.05) is 6.42 Å². The van der Waals surface area contributed by atoms with E-state index in [4.69, 9.17) is 0 Å². The van der Waals surface area contributed by atoms with Crippen LogP contribution in [0.5, 0.6) is 0 Å². The van der Waals surface area contributed by atoms with Crippen molar-refractivity contribution in [2.75, 3.05) is 6.61 Å². The molecule has 0 heterocycles. The Kier molecular flexibility index (Phi) is 18.3. The quantitative estimate of drug-likeness (QED) is 0.238. The van der Waals surface area contributed by atoms with E-state index in [1.54, 1.807) is 6.08 Å². The summed E-state index contributed by atoms with van der Waals surface area (Å²) < 4.78 is 0. The molecule has 0 bridgehead atoms. The molecule has 26 heavy (non-hydrogen) atoms. The fraction of sp³-hybridized carbons (Fsp3) is 0.864. The molecule has 0 aromatic heterocycles. The Morgan fingerprint density at radius 1 is 0.885 bits per heavy atom. The molecule has 0 radical (unpaired) electrons. The van der Waals surface area contributed by atoms with E-state index < -0.39 is 12.1 Å². The highest BCUT2D eigenvalue weighted by Gasteiger charge is 2.17. The first-order valence-electron chi connectivity index (χ1n) is 10.9. The van der Waals surface area contributed by atoms with Gasteiger partial charge in [-0.3, -0.25) is 4.79 Å². The molecule has 0 fully saturated rings. The van der Waals surface area contributed by atoms with Gasteiger partial charge in [0.05, 0.1) is 18.8 Å². The Balaban J connectivity index is 3.84. The predicted octanol–water partition coefficient (Wildman–Crippen LogP) is 4.88. The first kappa shape index (κ1) is 25.1. The molecule has 0 aromatic carbocycles. The van der Waals surface area contributed by atoms with Crippen molar-refractivity contribution >= 4 is 5.91 Å². The number of nitrogens with one attached hydrogen (secondary N) is 1. The van der Waals surface area contributed by atoms with Crippen LogP contribution in [0.15, 0.2) is 12.2 Å². The maximum Gasteiger partial charge on any atom is 0.220 e. The molecule has 0 saturated heterocycles. The SMILES string of the molecule is CCCCCCC/C=C/C(O)C(CO)NC(=O)CCCCCCCCC. The Hall–Kier alpha value is -0.870. The molecular formula is C22H43NO3. The minimum Gasteiger partial charge on any atom is -0.394 e. The van der Waals surface area contributed by atoms with Crippen molar-refractivity contribution in [3.8, 4) is 0 Å². The van der Waals surface area contributed by atoms with E-state index in [1.807, 2.05) is 6.08 Å². The number of hydrogen-bond acceptors (Lipinski definition) is 3. The van der Waals surface area contributed by atoms with E-state index in [9.17, 15) is 15.0 Å². The van der Waals surface area contributed by atoms with Gasteiger partial charge in [0.2, 0.25) is 5.91 Å². The summed E-state index contributed by atoms with van der Waals surface area (Å²) in [7, 11) is 0. The largest absolute Gasteiger partial charge is 0.394 e. The molecule has 0 aliphatic rings. The van der Waals surface area contributed by atoms with Gasteiger partial charge in [-0.05, 0) is 19.3 Å². The van der Waals surface area contributed by atoms with Gasteiger partial charge < -0.3 is 15.5 Å². The lowest BCUT2D eigenvalue weighted by Crippen LogP contribution is -2.45. The zero-order chi connectivity index (χ0) is 19.5. The van der Waals surface area contributed by atoms with Crippen LogP contribution in [0.1, 0.15) is 104 Å².